The number of nitrogens with zero attached hydrogens (tertiary/aromatic N) is 1. The maximum Gasteiger partial charge on any atom is 0.0718 e. The van der Waals surface area contributed by atoms with Gasteiger partial charge in [0, 0.05) is 15.1 Å². The molecule has 1 unspecified atom stereocenters. The number of nitrogens with one attached hydrogen (secondary N) is 1. The zero-order chi connectivity index (χ0) is 12.3. The first-order valence-corrected chi connectivity index (χ1v) is 7.79. The minimum absolute atomic E-state index is 0.373. The summed E-state index contributed by atoms with van der Waals surface area (Å²) in [6, 6.07) is 2.45. The summed E-state index contributed by atoms with van der Waals surface area (Å²) in [5.41, 5.74) is 1.14. The standard InChI is InChI=1S/C13H18Br2N2/c1-16-12(9-5-3-2-4-6-9)13-11(15)7-10(14)8-17-13/h7-9,12,16H,2-6H2,1H3. The highest BCUT2D eigenvalue weighted by Crippen LogP contribution is 2.36. The lowest BCUT2D eigenvalue weighted by Crippen LogP contribution is -2.28. The quantitative estimate of drug-likeness (QED) is 0.860. The average Bonchev–Trinajstić information content (AvgIpc) is 2.34. The molecule has 1 aliphatic rings. The van der Waals surface area contributed by atoms with E-state index in [9.17, 15) is 0 Å². The van der Waals surface area contributed by atoms with Crippen LogP contribution in [0.3, 0.4) is 0 Å². The predicted molar refractivity (Wildman–Crippen MR) is 78.0 cm³/mol. The van der Waals surface area contributed by atoms with Crippen molar-refractivity contribution in [3.63, 3.8) is 0 Å². The molecule has 2 nitrogen and oxygen atoms in total. The second-order valence-corrected chi connectivity index (χ2v) is 6.46. The summed E-state index contributed by atoms with van der Waals surface area (Å²) in [5, 5.41) is 3.44. The van der Waals surface area contributed by atoms with Gasteiger partial charge in [0.2, 0.25) is 0 Å². The van der Waals surface area contributed by atoms with E-state index in [1.165, 1.54) is 32.1 Å². The fourth-order valence-electron chi connectivity index (χ4n) is 2.72. The Labute approximate surface area is 120 Å². The molecule has 1 aliphatic carbocycles. The minimum atomic E-state index is 0.373. The SMILES string of the molecule is CNC(c1ncc(Br)cc1Br)C1CCCCC1. The van der Waals surface area contributed by atoms with Crippen molar-refractivity contribution in [2.24, 2.45) is 5.92 Å². The second kappa shape index (κ2) is 6.30. The van der Waals surface area contributed by atoms with Crippen molar-refractivity contribution < 1.29 is 0 Å². The first-order valence-electron chi connectivity index (χ1n) is 6.20. The second-order valence-electron chi connectivity index (χ2n) is 4.69. The summed E-state index contributed by atoms with van der Waals surface area (Å²) in [6.45, 7) is 0. The molecule has 0 spiro atoms. The van der Waals surface area contributed by atoms with E-state index in [1.54, 1.807) is 0 Å². The van der Waals surface area contributed by atoms with E-state index in [1.807, 2.05) is 13.2 Å². The molecule has 0 aliphatic heterocycles. The van der Waals surface area contributed by atoms with Crippen LogP contribution in [-0.4, -0.2) is 12.0 Å². The first kappa shape index (κ1) is 13.5. The molecule has 1 saturated carbocycles. The van der Waals surface area contributed by atoms with Crippen LogP contribution in [0.25, 0.3) is 0 Å². The molecule has 4 heteroatoms. The van der Waals surface area contributed by atoms with Crippen LogP contribution in [0.4, 0.5) is 0 Å². The van der Waals surface area contributed by atoms with Gasteiger partial charge in [-0.3, -0.25) is 4.98 Å². The number of hydrogen-bond acceptors (Lipinski definition) is 2. The van der Waals surface area contributed by atoms with Crippen LogP contribution in [0.1, 0.15) is 43.8 Å². The number of aromatic nitrogens is 1. The Bertz CT molecular complexity index is 376. The highest BCUT2D eigenvalue weighted by molar-refractivity contribution is 9.11. The summed E-state index contributed by atoms with van der Waals surface area (Å²) in [5.74, 6) is 0.721. The van der Waals surface area contributed by atoms with Crippen molar-refractivity contribution in [1.29, 1.82) is 0 Å². The number of pyridine rings is 1. The molecule has 94 valence electrons. The third-order valence-electron chi connectivity index (χ3n) is 3.56. The Balaban J connectivity index is 2.21. The number of hydrogen-bond donors (Lipinski definition) is 1. The molecule has 0 bridgehead atoms. The minimum Gasteiger partial charge on any atom is -0.311 e. The van der Waals surface area contributed by atoms with Gasteiger partial charge in [0.05, 0.1) is 11.7 Å². The summed E-state index contributed by atoms with van der Waals surface area (Å²) < 4.78 is 2.11. The average molecular weight is 362 g/mol. The monoisotopic (exact) mass is 360 g/mol. The van der Waals surface area contributed by atoms with E-state index in [0.717, 1.165) is 20.6 Å². The van der Waals surface area contributed by atoms with Crippen molar-refractivity contribution in [2.45, 2.75) is 38.1 Å². The van der Waals surface area contributed by atoms with E-state index in [-0.39, 0.29) is 0 Å². The molecule has 1 N–H and O–H groups in total. The lowest BCUT2D eigenvalue weighted by molar-refractivity contribution is 0.277. The molecule has 1 heterocycles. The zero-order valence-corrected chi connectivity index (χ0v) is 13.2. The molecule has 1 atom stereocenters. The van der Waals surface area contributed by atoms with Gasteiger partial charge in [-0.2, -0.15) is 0 Å². The van der Waals surface area contributed by atoms with Crippen LogP contribution < -0.4 is 5.32 Å². The normalized spacial score (nSPS) is 19.2. The molecule has 17 heavy (non-hydrogen) atoms. The molecule has 2 rings (SSSR count). The van der Waals surface area contributed by atoms with E-state index in [4.69, 9.17) is 0 Å². The van der Waals surface area contributed by atoms with Crippen LogP contribution in [-0.2, 0) is 0 Å². The Kier molecular flexibility index (Phi) is 5.00. The lowest BCUT2D eigenvalue weighted by atomic mass is 9.82. The van der Waals surface area contributed by atoms with Gasteiger partial charge in [0.25, 0.3) is 0 Å². The van der Waals surface area contributed by atoms with E-state index < -0.39 is 0 Å². The highest BCUT2D eigenvalue weighted by Gasteiger charge is 2.26. The van der Waals surface area contributed by atoms with Crippen molar-refractivity contribution in [3.8, 4) is 0 Å². The van der Waals surface area contributed by atoms with E-state index in [2.05, 4.69) is 48.2 Å². The van der Waals surface area contributed by atoms with Crippen LogP contribution in [0.15, 0.2) is 21.2 Å². The van der Waals surface area contributed by atoms with Crippen molar-refractivity contribution >= 4 is 31.9 Å². The Morgan fingerprint density at radius 3 is 2.59 bits per heavy atom. The van der Waals surface area contributed by atoms with Crippen LogP contribution in [0.5, 0.6) is 0 Å². The van der Waals surface area contributed by atoms with Gasteiger partial charge in [-0.15, -0.1) is 0 Å². The number of halogens is 2. The summed E-state index contributed by atoms with van der Waals surface area (Å²) in [4.78, 5) is 4.57. The Morgan fingerprint density at radius 2 is 2.00 bits per heavy atom. The van der Waals surface area contributed by atoms with E-state index in [0.29, 0.717) is 6.04 Å². The Hall–Kier alpha value is 0.0700. The summed E-state index contributed by atoms with van der Waals surface area (Å²) in [7, 11) is 2.04. The molecule has 0 radical (unpaired) electrons. The van der Waals surface area contributed by atoms with E-state index >= 15 is 0 Å². The predicted octanol–water partition coefficient (Wildman–Crippen LogP) is 4.45. The zero-order valence-electron chi connectivity index (χ0n) is 10.0. The van der Waals surface area contributed by atoms with Gasteiger partial charge in [0.15, 0.2) is 0 Å². The molecular weight excluding hydrogens is 344 g/mol. The number of rotatable bonds is 3. The fraction of sp³-hybridized carbons (Fsp3) is 0.615. The fourth-order valence-corrected chi connectivity index (χ4v) is 3.95. The van der Waals surface area contributed by atoms with Crippen molar-refractivity contribution in [3.05, 3.63) is 26.9 Å². The first-order chi connectivity index (χ1) is 8.22. The molecule has 1 aromatic heterocycles. The molecule has 1 fully saturated rings. The van der Waals surface area contributed by atoms with Gasteiger partial charge in [-0.1, -0.05) is 19.3 Å². The summed E-state index contributed by atoms with van der Waals surface area (Å²) in [6.07, 6.45) is 8.62. The largest absolute Gasteiger partial charge is 0.311 e. The third kappa shape index (κ3) is 3.30. The third-order valence-corrected chi connectivity index (χ3v) is 4.63. The molecule has 0 amide bonds. The van der Waals surface area contributed by atoms with Crippen LogP contribution in [0.2, 0.25) is 0 Å². The van der Waals surface area contributed by atoms with Gasteiger partial charge >= 0.3 is 0 Å². The van der Waals surface area contributed by atoms with Crippen molar-refractivity contribution in [1.82, 2.24) is 10.3 Å². The Morgan fingerprint density at radius 1 is 1.29 bits per heavy atom. The highest BCUT2D eigenvalue weighted by atomic mass is 79.9. The smallest absolute Gasteiger partial charge is 0.0718 e. The van der Waals surface area contributed by atoms with Gasteiger partial charge in [0.1, 0.15) is 0 Å². The van der Waals surface area contributed by atoms with Gasteiger partial charge < -0.3 is 5.32 Å². The van der Waals surface area contributed by atoms with Gasteiger partial charge in [-0.25, -0.2) is 0 Å². The molecule has 0 aromatic carbocycles. The van der Waals surface area contributed by atoms with Gasteiger partial charge in [-0.05, 0) is 63.7 Å². The van der Waals surface area contributed by atoms with Crippen molar-refractivity contribution in [2.75, 3.05) is 7.05 Å². The topological polar surface area (TPSA) is 24.9 Å². The molecular formula is C13H18Br2N2. The maximum atomic E-state index is 4.57. The maximum absolute atomic E-state index is 4.57. The van der Waals surface area contributed by atoms with Crippen LogP contribution >= 0.6 is 31.9 Å². The van der Waals surface area contributed by atoms with Crippen LogP contribution in [0, 0.1) is 5.92 Å². The lowest BCUT2D eigenvalue weighted by Gasteiger charge is -2.30. The molecule has 1 aromatic rings. The molecule has 0 saturated heterocycles. The summed E-state index contributed by atoms with van der Waals surface area (Å²) >= 11 is 7.07.